The third kappa shape index (κ3) is 5.54. The molecule has 7 heteroatoms. The van der Waals surface area contributed by atoms with Crippen molar-refractivity contribution in [1.82, 2.24) is 10.2 Å². The Bertz CT molecular complexity index is 848. The van der Waals surface area contributed by atoms with Crippen molar-refractivity contribution >= 4 is 23.2 Å². The summed E-state index contributed by atoms with van der Waals surface area (Å²) >= 11 is 0. The van der Waals surface area contributed by atoms with Crippen molar-refractivity contribution < 1.29 is 14.0 Å². The number of carbonyl (C=O) groups is 2. The molecule has 0 saturated carbocycles. The molecule has 29 heavy (non-hydrogen) atoms. The fraction of sp³-hybridized carbons (Fsp3) is 0.364. The summed E-state index contributed by atoms with van der Waals surface area (Å²) in [4.78, 5) is 28.8. The number of nitrogens with one attached hydrogen (secondary N) is 2. The number of hydrogen-bond acceptors (Lipinski definition) is 4. The largest absolute Gasteiger partial charge is 0.378 e. The summed E-state index contributed by atoms with van der Waals surface area (Å²) in [6, 6.07) is 13.7. The number of hydrogen-bond donors (Lipinski definition) is 2. The highest BCUT2D eigenvalue weighted by Gasteiger charge is 2.25. The molecular formula is C22H27FN4O2. The zero-order valence-corrected chi connectivity index (χ0v) is 16.8. The van der Waals surface area contributed by atoms with Crippen LogP contribution in [0.1, 0.15) is 24.4 Å². The molecule has 0 unspecified atom stereocenters. The second kappa shape index (κ2) is 9.52. The predicted octanol–water partition coefficient (Wildman–Crippen LogP) is 2.78. The molecule has 0 aromatic heterocycles. The Hall–Kier alpha value is -2.93. The minimum atomic E-state index is -0.807. The third-order valence-electron chi connectivity index (χ3n) is 5.12. The quantitative estimate of drug-likeness (QED) is 0.735. The SMILES string of the molecule is CN(C)c1ccc([C@@H](CNC(=O)C(=O)Nc2cccc(F)c2)N2CCCC2)cc1. The van der Waals surface area contributed by atoms with Crippen LogP contribution in [0.4, 0.5) is 15.8 Å². The van der Waals surface area contributed by atoms with Crippen LogP contribution in [0.5, 0.6) is 0 Å². The van der Waals surface area contributed by atoms with Crippen LogP contribution in [-0.2, 0) is 9.59 Å². The highest BCUT2D eigenvalue weighted by molar-refractivity contribution is 6.39. The van der Waals surface area contributed by atoms with Gasteiger partial charge in [-0.2, -0.15) is 0 Å². The summed E-state index contributed by atoms with van der Waals surface area (Å²) < 4.78 is 13.3. The molecule has 0 radical (unpaired) electrons. The topological polar surface area (TPSA) is 64.7 Å². The van der Waals surface area contributed by atoms with Gasteiger partial charge in [0.15, 0.2) is 0 Å². The van der Waals surface area contributed by atoms with Gasteiger partial charge in [0.05, 0.1) is 6.04 Å². The molecule has 1 heterocycles. The lowest BCUT2D eigenvalue weighted by Gasteiger charge is -2.28. The van der Waals surface area contributed by atoms with Gasteiger partial charge in [0.2, 0.25) is 0 Å². The summed E-state index contributed by atoms with van der Waals surface area (Å²) in [7, 11) is 3.98. The van der Waals surface area contributed by atoms with E-state index in [9.17, 15) is 14.0 Å². The van der Waals surface area contributed by atoms with E-state index in [-0.39, 0.29) is 11.7 Å². The molecule has 2 amide bonds. The zero-order valence-electron chi connectivity index (χ0n) is 16.8. The van der Waals surface area contributed by atoms with E-state index in [0.717, 1.165) is 37.2 Å². The van der Waals surface area contributed by atoms with E-state index in [4.69, 9.17) is 0 Å². The second-order valence-electron chi connectivity index (χ2n) is 7.42. The van der Waals surface area contributed by atoms with E-state index in [0.29, 0.717) is 6.54 Å². The molecule has 154 valence electrons. The molecule has 2 N–H and O–H groups in total. The van der Waals surface area contributed by atoms with E-state index >= 15 is 0 Å². The van der Waals surface area contributed by atoms with Gasteiger partial charge in [0, 0.05) is 32.0 Å². The molecule has 2 aromatic carbocycles. The van der Waals surface area contributed by atoms with Crippen LogP contribution in [0.2, 0.25) is 0 Å². The van der Waals surface area contributed by atoms with Crippen molar-refractivity contribution in [2.24, 2.45) is 0 Å². The van der Waals surface area contributed by atoms with Crippen LogP contribution in [0.15, 0.2) is 48.5 Å². The number of carbonyl (C=O) groups excluding carboxylic acids is 2. The van der Waals surface area contributed by atoms with Crippen LogP contribution in [0.25, 0.3) is 0 Å². The average Bonchev–Trinajstić information content (AvgIpc) is 3.23. The first kappa shape index (κ1) is 20.8. The van der Waals surface area contributed by atoms with Crippen molar-refractivity contribution in [1.29, 1.82) is 0 Å². The second-order valence-corrected chi connectivity index (χ2v) is 7.42. The van der Waals surface area contributed by atoms with E-state index in [1.165, 1.54) is 24.3 Å². The maximum Gasteiger partial charge on any atom is 0.313 e. The molecule has 0 spiro atoms. The minimum absolute atomic E-state index is 0.000341. The van der Waals surface area contributed by atoms with Crippen molar-refractivity contribution in [3.05, 3.63) is 59.9 Å². The molecule has 1 aliphatic rings. The summed E-state index contributed by atoms with van der Waals surface area (Å²) in [5.41, 5.74) is 2.45. The van der Waals surface area contributed by atoms with Crippen molar-refractivity contribution in [2.75, 3.05) is 43.9 Å². The molecule has 1 fully saturated rings. The Morgan fingerprint density at radius 3 is 2.38 bits per heavy atom. The Balaban J connectivity index is 1.64. The van der Waals surface area contributed by atoms with Crippen LogP contribution < -0.4 is 15.5 Å². The van der Waals surface area contributed by atoms with Crippen molar-refractivity contribution in [3.63, 3.8) is 0 Å². The van der Waals surface area contributed by atoms with E-state index in [2.05, 4.69) is 39.8 Å². The van der Waals surface area contributed by atoms with Crippen LogP contribution in [0.3, 0.4) is 0 Å². The Kier molecular flexibility index (Phi) is 6.82. The molecule has 0 aliphatic carbocycles. The van der Waals surface area contributed by atoms with E-state index in [1.54, 1.807) is 0 Å². The molecule has 6 nitrogen and oxygen atoms in total. The lowest BCUT2D eigenvalue weighted by Crippen LogP contribution is -2.41. The molecule has 0 bridgehead atoms. The first-order valence-corrected chi connectivity index (χ1v) is 9.80. The number of nitrogens with zero attached hydrogens (tertiary/aromatic N) is 2. The first-order valence-electron chi connectivity index (χ1n) is 9.80. The van der Waals surface area contributed by atoms with Crippen molar-refractivity contribution in [2.45, 2.75) is 18.9 Å². The van der Waals surface area contributed by atoms with Crippen LogP contribution in [-0.4, -0.2) is 50.4 Å². The number of amides is 2. The monoisotopic (exact) mass is 398 g/mol. The van der Waals surface area contributed by atoms with Gasteiger partial charge in [-0.15, -0.1) is 0 Å². The standard InChI is InChI=1S/C22H27FN4O2/c1-26(2)19-10-8-16(9-11-19)20(27-12-3-4-13-27)15-24-21(28)22(29)25-18-7-5-6-17(23)14-18/h5-11,14,20H,3-4,12-13,15H2,1-2H3,(H,24,28)(H,25,29)/t20-/m1/s1. The maximum absolute atomic E-state index is 13.3. The average molecular weight is 398 g/mol. The van der Waals surface area contributed by atoms with Gasteiger partial charge in [0.25, 0.3) is 0 Å². The van der Waals surface area contributed by atoms with Gasteiger partial charge in [-0.05, 0) is 61.8 Å². The predicted molar refractivity (Wildman–Crippen MR) is 112 cm³/mol. The number of halogens is 1. The lowest BCUT2D eigenvalue weighted by molar-refractivity contribution is -0.136. The fourth-order valence-corrected chi connectivity index (χ4v) is 3.53. The van der Waals surface area contributed by atoms with Gasteiger partial charge in [-0.25, -0.2) is 4.39 Å². The Morgan fingerprint density at radius 2 is 1.76 bits per heavy atom. The summed E-state index contributed by atoms with van der Waals surface area (Å²) in [5.74, 6) is -2.01. The smallest absolute Gasteiger partial charge is 0.313 e. The van der Waals surface area contributed by atoms with Crippen LogP contribution in [0, 0.1) is 5.82 Å². The van der Waals surface area contributed by atoms with Gasteiger partial charge >= 0.3 is 11.8 Å². The highest BCUT2D eigenvalue weighted by atomic mass is 19.1. The van der Waals surface area contributed by atoms with Gasteiger partial charge in [-0.3, -0.25) is 14.5 Å². The lowest BCUT2D eigenvalue weighted by atomic mass is 10.0. The fourth-order valence-electron chi connectivity index (χ4n) is 3.53. The Labute approximate surface area is 170 Å². The first-order chi connectivity index (χ1) is 13.9. The molecule has 2 aromatic rings. The normalized spacial score (nSPS) is 15.0. The summed E-state index contributed by atoms with van der Waals surface area (Å²) in [6.07, 6.45) is 2.25. The van der Waals surface area contributed by atoms with Crippen LogP contribution >= 0.6 is 0 Å². The summed E-state index contributed by atoms with van der Waals surface area (Å²) in [5, 5.41) is 5.16. The highest BCUT2D eigenvalue weighted by Crippen LogP contribution is 2.26. The number of rotatable bonds is 6. The number of benzene rings is 2. The van der Waals surface area contributed by atoms with E-state index < -0.39 is 17.6 Å². The molecule has 1 saturated heterocycles. The molecule has 1 atom stereocenters. The van der Waals surface area contributed by atoms with Gasteiger partial charge in [0.1, 0.15) is 5.82 Å². The van der Waals surface area contributed by atoms with Gasteiger partial charge < -0.3 is 15.5 Å². The Morgan fingerprint density at radius 1 is 1.07 bits per heavy atom. The number of anilines is 2. The molecule has 3 rings (SSSR count). The summed E-state index contributed by atoms with van der Waals surface area (Å²) in [6.45, 7) is 2.26. The minimum Gasteiger partial charge on any atom is -0.378 e. The third-order valence-corrected chi connectivity index (χ3v) is 5.12. The van der Waals surface area contributed by atoms with Crippen molar-refractivity contribution in [3.8, 4) is 0 Å². The van der Waals surface area contributed by atoms with Gasteiger partial charge in [-0.1, -0.05) is 18.2 Å². The maximum atomic E-state index is 13.3. The number of likely N-dealkylation sites (tertiary alicyclic amines) is 1. The molecular weight excluding hydrogens is 371 g/mol. The molecule has 1 aliphatic heterocycles. The van der Waals surface area contributed by atoms with E-state index in [1.807, 2.05) is 19.0 Å². The zero-order chi connectivity index (χ0) is 20.8.